The standard InChI is InChI=1S/C14H12BrN3O2/c15-9-1-3-11(17-6-9)7-18-12-4-2-10(16)5-13(12)20-8-14(18)19/h1-6H,7-8,16H2. The lowest BCUT2D eigenvalue weighted by Crippen LogP contribution is -2.38. The van der Waals surface area contributed by atoms with Gasteiger partial charge in [-0.2, -0.15) is 0 Å². The third kappa shape index (κ3) is 2.46. The number of nitrogens with zero attached hydrogens (tertiary/aromatic N) is 2. The summed E-state index contributed by atoms with van der Waals surface area (Å²) in [5, 5.41) is 0. The largest absolute Gasteiger partial charge is 0.481 e. The Morgan fingerprint density at radius 2 is 2.20 bits per heavy atom. The van der Waals surface area contributed by atoms with Crippen LogP contribution in [-0.4, -0.2) is 17.5 Å². The van der Waals surface area contributed by atoms with E-state index in [1.165, 1.54) is 0 Å². The molecular formula is C14H12BrN3O2. The molecule has 2 heterocycles. The Morgan fingerprint density at radius 3 is 2.95 bits per heavy atom. The van der Waals surface area contributed by atoms with Crippen molar-refractivity contribution in [2.45, 2.75) is 6.54 Å². The summed E-state index contributed by atoms with van der Waals surface area (Å²) in [5.74, 6) is 0.536. The number of nitrogens with two attached hydrogens (primary N) is 1. The van der Waals surface area contributed by atoms with E-state index in [0.29, 0.717) is 18.0 Å². The average molecular weight is 334 g/mol. The van der Waals surface area contributed by atoms with Crippen molar-refractivity contribution in [3.05, 3.63) is 46.7 Å². The first-order valence-corrected chi connectivity index (χ1v) is 6.86. The van der Waals surface area contributed by atoms with Gasteiger partial charge in [-0.25, -0.2) is 0 Å². The number of halogens is 1. The summed E-state index contributed by atoms with van der Waals surface area (Å²) in [5.41, 5.74) is 7.87. The molecule has 0 saturated carbocycles. The number of rotatable bonds is 2. The number of aromatic nitrogens is 1. The van der Waals surface area contributed by atoms with Gasteiger partial charge < -0.3 is 10.5 Å². The maximum Gasteiger partial charge on any atom is 0.265 e. The van der Waals surface area contributed by atoms with E-state index in [2.05, 4.69) is 20.9 Å². The number of anilines is 2. The molecule has 0 radical (unpaired) electrons. The Kier molecular flexibility index (Phi) is 3.31. The molecule has 0 aliphatic carbocycles. The second-order valence-electron chi connectivity index (χ2n) is 4.46. The molecule has 2 aromatic rings. The van der Waals surface area contributed by atoms with Crippen LogP contribution in [0.1, 0.15) is 5.69 Å². The van der Waals surface area contributed by atoms with Crippen LogP contribution in [0.25, 0.3) is 0 Å². The van der Waals surface area contributed by atoms with Crippen molar-refractivity contribution in [2.24, 2.45) is 0 Å². The van der Waals surface area contributed by atoms with Crippen LogP contribution in [0.5, 0.6) is 5.75 Å². The van der Waals surface area contributed by atoms with E-state index >= 15 is 0 Å². The molecule has 1 aromatic carbocycles. The van der Waals surface area contributed by atoms with Gasteiger partial charge in [0.2, 0.25) is 0 Å². The summed E-state index contributed by atoms with van der Waals surface area (Å²) in [6, 6.07) is 9.05. The summed E-state index contributed by atoms with van der Waals surface area (Å²) in [6.45, 7) is 0.430. The zero-order valence-corrected chi connectivity index (χ0v) is 12.1. The minimum absolute atomic E-state index is 0.0208. The number of carbonyl (C=O) groups excluding carboxylic acids is 1. The van der Waals surface area contributed by atoms with E-state index < -0.39 is 0 Å². The highest BCUT2D eigenvalue weighted by molar-refractivity contribution is 9.10. The van der Waals surface area contributed by atoms with Gasteiger partial charge >= 0.3 is 0 Å². The van der Waals surface area contributed by atoms with Crippen molar-refractivity contribution in [3.8, 4) is 5.75 Å². The van der Waals surface area contributed by atoms with Gasteiger partial charge in [-0.1, -0.05) is 0 Å². The molecule has 102 valence electrons. The van der Waals surface area contributed by atoms with Crippen molar-refractivity contribution >= 4 is 33.2 Å². The van der Waals surface area contributed by atoms with Crippen molar-refractivity contribution in [1.82, 2.24) is 4.98 Å². The fourth-order valence-corrected chi connectivity index (χ4v) is 2.29. The molecule has 1 aromatic heterocycles. The highest BCUT2D eigenvalue weighted by Crippen LogP contribution is 2.34. The smallest absolute Gasteiger partial charge is 0.265 e. The van der Waals surface area contributed by atoms with Gasteiger partial charge in [0.1, 0.15) is 5.75 Å². The second-order valence-corrected chi connectivity index (χ2v) is 5.38. The molecule has 0 atom stereocenters. The van der Waals surface area contributed by atoms with Crippen LogP contribution >= 0.6 is 15.9 Å². The van der Waals surface area contributed by atoms with E-state index in [1.807, 2.05) is 12.1 Å². The SMILES string of the molecule is Nc1ccc2c(c1)OCC(=O)N2Cc1ccc(Br)cn1. The molecule has 0 saturated heterocycles. The van der Waals surface area contributed by atoms with Crippen LogP contribution in [0.4, 0.5) is 11.4 Å². The Labute approximate surface area is 124 Å². The van der Waals surface area contributed by atoms with E-state index in [1.54, 1.807) is 29.3 Å². The van der Waals surface area contributed by atoms with Crippen molar-refractivity contribution in [3.63, 3.8) is 0 Å². The lowest BCUT2D eigenvalue weighted by Gasteiger charge is -2.29. The second kappa shape index (κ2) is 5.13. The van der Waals surface area contributed by atoms with Gasteiger partial charge in [0.25, 0.3) is 5.91 Å². The number of hydrogen-bond donors (Lipinski definition) is 1. The summed E-state index contributed by atoms with van der Waals surface area (Å²) in [7, 11) is 0. The number of pyridine rings is 1. The van der Waals surface area contributed by atoms with E-state index in [0.717, 1.165) is 15.9 Å². The lowest BCUT2D eigenvalue weighted by atomic mass is 10.2. The van der Waals surface area contributed by atoms with Gasteiger partial charge in [-0.3, -0.25) is 14.7 Å². The van der Waals surface area contributed by atoms with Crippen LogP contribution in [-0.2, 0) is 11.3 Å². The normalized spacial score (nSPS) is 13.8. The van der Waals surface area contributed by atoms with Crippen LogP contribution in [0.3, 0.4) is 0 Å². The van der Waals surface area contributed by atoms with Gasteiger partial charge in [0, 0.05) is 22.4 Å². The Morgan fingerprint density at radius 1 is 1.35 bits per heavy atom. The quantitative estimate of drug-likeness (QED) is 0.856. The molecule has 5 nitrogen and oxygen atoms in total. The van der Waals surface area contributed by atoms with Crippen LogP contribution in [0.15, 0.2) is 41.0 Å². The first-order chi connectivity index (χ1) is 9.63. The predicted octanol–water partition coefficient (Wildman–Crippen LogP) is 2.35. The minimum atomic E-state index is -0.0907. The zero-order chi connectivity index (χ0) is 14.1. The number of amides is 1. The topological polar surface area (TPSA) is 68.5 Å². The van der Waals surface area contributed by atoms with Gasteiger partial charge in [0.05, 0.1) is 17.9 Å². The highest BCUT2D eigenvalue weighted by Gasteiger charge is 2.25. The summed E-state index contributed by atoms with van der Waals surface area (Å²) >= 11 is 3.34. The molecule has 1 aliphatic heterocycles. The Bertz CT molecular complexity index is 658. The lowest BCUT2D eigenvalue weighted by molar-refractivity contribution is -0.121. The monoisotopic (exact) mass is 333 g/mol. The van der Waals surface area contributed by atoms with Crippen molar-refractivity contribution < 1.29 is 9.53 Å². The third-order valence-electron chi connectivity index (χ3n) is 3.04. The molecule has 3 rings (SSSR count). The van der Waals surface area contributed by atoms with E-state index in [-0.39, 0.29) is 12.5 Å². The van der Waals surface area contributed by atoms with Gasteiger partial charge in [-0.15, -0.1) is 0 Å². The van der Waals surface area contributed by atoms with Crippen molar-refractivity contribution in [2.75, 3.05) is 17.2 Å². The number of nitrogen functional groups attached to an aromatic ring is 1. The maximum atomic E-state index is 12.0. The molecule has 1 amide bonds. The average Bonchev–Trinajstić information content (AvgIpc) is 2.44. The molecule has 2 N–H and O–H groups in total. The molecule has 6 heteroatoms. The highest BCUT2D eigenvalue weighted by atomic mass is 79.9. The maximum absolute atomic E-state index is 12.0. The molecule has 0 bridgehead atoms. The zero-order valence-electron chi connectivity index (χ0n) is 10.5. The molecule has 20 heavy (non-hydrogen) atoms. The van der Waals surface area contributed by atoms with Crippen LogP contribution in [0, 0.1) is 0 Å². The van der Waals surface area contributed by atoms with Crippen molar-refractivity contribution in [1.29, 1.82) is 0 Å². The summed E-state index contributed by atoms with van der Waals surface area (Å²) < 4.78 is 6.31. The minimum Gasteiger partial charge on any atom is -0.481 e. The Balaban J connectivity index is 1.93. The fourth-order valence-electron chi connectivity index (χ4n) is 2.06. The third-order valence-corrected chi connectivity index (χ3v) is 3.50. The number of hydrogen-bond acceptors (Lipinski definition) is 4. The summed E-state index contributed by atoms with van der Waals surface area (Å²) in [4.78, 5) is 18.0. The van der Waals surface area contributed by atoms with Gasteiger partial charge in [0.15, 0.2) is 6.61 Å². The van der Waals surface area contributed by atoms with E-state index in [9.17, 15) is 4.79 Å². The van der Waals surface area contributed by atoms with E-state index in [4.69, 9.17) is 10.5 Å². The summed E-state index contributed by atoms with van der Waals surface area (Å²) in [6.07, 6.45) is 1.71. The molecule has 0 fully saturated rings. The fraction of sp³-hybridized carbons (Fsp3) is 0.143. The number of carbonyl (C=O) groups is 1. The number of ether oxygens (including phenoxy) is 1. The molecular weight excluding hydrogens is 322 g/mol. The predicted molar refractivity (Wildman–Crippen MR) is 79.5 cm³/mol. The first-order valence-electron chi connectivity index (χ1n) is 6.06. The van der Waals surface area contributed by atoms with Crippen LogP contribution < -0.4 is 15.4 Å². The molecule has 0 spiro atoms. The van der Waals surface area contributed by atoms with Gasteiger partial charge in [-0.05, 0) is 40.2 Å². The van der Waals surface area contributed by atoms with Crippen LogP contribution in [0.2, 0.25) is 0 Å². The number of fused-ring (bicyclic) bond motifs is 1. The molecule has 0 unspecified atom stereocenters. The first kappa shape index (κ1) is 12.9. The molecule has 1 aliphatic rings. The number of benzene rings is 1. The Hall–Kier alpha value is -2.08.